The van der Waals surface area contributed by atoms with Crippen molar-refractivity contribution in [2.45, 2.75) is 45.4 Å². The van der Waals surface area contributed by atoms with Crippen LogP contribution in [0.2, 0.25) is 0 Å². The number of H-pyrrole nitrogens is 1. The number of nitrogens with one attached hydrogen (secondary N) is 1. The van der Waals surface area contributed by atoms with E-state index in [1.807, 2.05) is 0 Å². The molecule has 0 amide bonds. The number of carboxylic acid groups (broad SMARTS) is 2. The maximum atomic E-state index is 9.55. The van der Waals surface area contributed by atoms with Gasteiger partial charge in [0.1, 0.15) is 0 Å². The van der Waals surface area contributed by atoms with Crippen LogP contribution in [0.25, 0.3) is 0 Å². The van der Waals surface area contributed by atoms with Gasteiger partial charge in [-0.05, 0) is 69.7 Å². The second-order valence-corrected chi connectivity index (χ2v) is 8.61. The molecule has 0 spiro atoms. The van der Waals surface area contributed by atoms with E-state index in [2.05, 4.69) is 51.2 Å². The molecule has 1 aromatic carbocycles. The highest BCUT2D eigenvalue weighted by Crippen LogP contribution is 2.23. The van der Waals surface area contributed by atoms with E-state index in [9.17, 15) is 9.59 Å². The highest BCUT2D eigenvalue weighted by atomic mass is 16.4. The summed E-state index contributed by atoms with van der Waals surface area (Å²) in [7, 11) is 0. The molecule has 4 rings (SSSR count). The lowest BCUT2D eigenvalue weighted by molar-refractivity contribution is -0.134. The maximum Gasteiger partial charge on any atom is 0.328 e. The topological polar surface area (TPSA) is 110 Å². The summed E-state index contributed by atoms with van der Waals surface area (Å²) in [6.45, 7) is 7.97. The van der Waals surface area contributed by atoms with Crippen molar-refractivity contribution in [3.05, 3.63) is 58.9 Å². The first-order valence-electron chi connectivity index (χ1n) is 11.7. The fourth-order valence-corrected chi connectivity index (χ4v) is 4.35. The van der Waals surface area contributed by atoms with Crippen molar-refractivity contribution < 1.29 is 19.8 Å². The van der Waals surface area contributed by atoms with E-state index < -0.39 is 11.9 Å². The number of hydrogen-bond acceptors (Lipinski definition) is 5. The molecule has 2 aliphatic rings. The van der Waals surface area contributed by atoms with E-state index >= 15 is 0 Å². The molecule has 0 unspecified atom stereocenters. The zero-order valence-corrected chi connectivity index (χ0v) is 19.3. The SMILES string of the molecule is Cc1ccc(N2CCN(CCCc3n[nH]c4c3CCCC4)CC2)cc1.O=C(O)C=CC(=O)O. The summed E-state index contributed by atoms with van der Waals surface area (Å²) in [4.78, 5) is 24.2. The Hall–Kier alpha value is -3.13. The number of anilines is 1. The Balaban J connectivity index is 0.000000331. The van der Waals surface area contributed by atoms with Gasteiger partial charge in [-0.2, -0.15) is 5.10 Å². The van der Waals surface area contributed by atoms with Gasteiger partial charge in [0.25, 0.3) is 0 Å². The number of benzene rings is 1. The lowest BCUT2D eigenvalue weighted by atomic mass is 9.94. The predicted molar refractivity (Wildman–Crippen MR) is 128 cm³/mol. The van der Waals surface area contributed by atoms with Crippen LogP contribution in [-0.2, 0) is 28.9 Å². The number of hydrogen-bond donors (Lipinski definition) is 3. The Morgan fingerprint density at radius 1 is 1.00 bits per heavy atom. The number of rotatable bonds is 7. The predicted octanol–water partition coefficient (Wildman–Crippen LogP) is 3.06. The molecule has 1 aliphatic heterocycles. The molecule has 0 bridgehead atoms. The zero-order chi connectivity index (χ0) is 23.6. The molecular weight excluding hydrogens is 420 g/mol. The molecule has 178 valence electrons. The Labute approximate surface area is 194 Å². The number of aliphatic carboxylic acids is 2. The first-order valence-corrected chi connectivity index (χ1v) is 11.7. The largest absolute Gasteiger partial charge is 0.478 e. The molecule has 0 saturated carbocycles. The molecule has 1 fully saturated rings. The van der Waals surface area contributed by atoms with E-state index in [1.165, 1.54) is 79.9 Å². The van der Waals surface area contributed by atoms with Crippen molar-refractivity contribution in [3.8, 4) is 0 Å². The van der Waals surface area contributed by atoms with E-state index in [4.69, 9.17) is 10.2 Å². The number of fused-ring (bicyclic) bond motifs is 1. The summed E-state index contributed by atoms with van der Waals surface area (Å²) < 4.78 is 0. The molecule has 1 saturated heterocycles. The second kappa shape index (κ2) is 12.2. The van der Waals surface area contributed by atoms with Crippen LogP contribution in [-0.4, -0.2) is 70.0 Å². The molecule has 2 aromatic rings. The quantitative estimate of drug-likeness (QED) is 0.552. The maximum absolute atomic E-state index is 9.55. The van der Waals surface area contributed by atoms with E-state index in [0.29, 0.717) is 12.2 Å². The van der Waals surface area contributed by atoms with Gasteiger partial charge >= 0.3 is 11.9 Å². The normalized spacial score (nSPS) is 16.2. The van der Waals surface area contributed by atoms with Crippen molar-refractivity contribution in [1.29, 1.82) is 0 Å². The minimum atomic E-state index is -1.26. The molecule has 0 radical (unpaired) electrons. The lowest BCUT2D eigenvalue weighted by Crippen LogP contribution is -2.46. The molecule has 3 N–H and O–H groups in total. The van der Waals surface area contributed by atoms with Crippen LogP contribution in [0.4, 0.5) is 5.69 Å². The van der Waals surface area contributed by atoms with Gasteiger partial charge in [0.15, 0.2) is 0 Å². The summed E-state index contributed by atoms with van der Waals surface area (Å²) in [5.74, 6) is -2.51. The number of aromatic nitrogens is 2. The lowest BCUT2D eigenvalue weighted by Gasteiger charge is -2.36. The molecule has 33 heavy (non-hydrogen) atoms. The van der Waals surface area contributed by atoms with Crippen LogP contribution >= 0.6 is 0 Å². The summed E-state index contributed by atoms with van der Waals surface area (Å²) in [6.07, 6.45) is 8.55. The molecule has 8 heteroatoms. The number of nitrogens with zero attached hydrogens (tertiary/aromatic N) is 3. The Morgan fingerprint density at radius 3 is 2.27 bits per heavy atom. The van der Waals surface area contributed by atoms with Crippen molar-refractivity contribution in [2.75, 3.05) is 37.6 Å². The molecule has 1 aromatic heterocycles. The molecule has 8 nitrogen and oxygen atoms in total. The summed E-state index contributed by atoms with van der Waals surface area (Å²) in [5.41, 5.74) is 6.99. The first kappa shape index (κ1) is 24.5. The fourth-order valence-electron chi connectivity index (χ4n) is 4.35. The minimum Gasteiger partial charge on any atom is -0.478 e. The van der Waals surface area contributed by atoms with Crippen LogP contribution in [0.15, 0.2) is 36.4 Å². The van der Waals surface area contributed by atoms with Crippen molar-refractivity contribution in [2.24, 2.45) is 0 Å². The molecule has 2 heterocycles. The van der Waals surface area contributed by atoms with E-state index in [1.54, 1.807) is 0 Å². The fraction of sp³-hybridized carbons (Fsp3) is 0.480. The Kier molecular flexibility index (Phi) is 9.06. The third kappa shape index (κ3) is 7.75. The number of carbonyl (C=O) groups is 2. The first-order chi connectivity index (χ1) is 15.9. The van der Waals surface area contributed by atoms with Crippen LogP contribution in [0, 0.1) is 6.92 Å². The highest BCUT2D eigenvalue weighted by Gasteiger charge is 2.19. The van der Waals surface area contributed by atoms with Gasteiger partial charge in [-0.1, -0.05) is 17.7 Å². The van der Waals surface area contributed by atoms with Crippen molar-refractivity contribution in [3.63, 3.8) is 0 Å². The van der Waals surface area contributed by atoms with Crippen LogP contribution in [0.3, 0.4) is 0 Å². The minimum absolute atomic E-state index is 0.558. The summed E-state index contributed by atoms with van der Waals surface area (Å²) in [6, 6.07) is 8.94. The van der Waals surface area contributed by atoms with E-state index in [-0.39, 0.29) is 0 Å². The average Bonchev–Trinajstić information content (AvgIpc) is 3.22. The van der Waals surface area contributed by atoms with Gasteiger partial charge in [-0.15, -0.1) is 0 Å². The van der Waals surface area contributed by atoms with Crippen LogP contribution in [0.5, 0.6) is 0 Å². The number of aromatic amines is 1. The van der Waals surface area contributed by atoms with Gasteiger partial charge in [0.2, 0.25) is 0 Å². The van der Waals surface area contributed by atoms with E-state index in [0.717, 1.165) is 19.5 Å². The highest BCUT2D eigenvalue weighted by molar-refractivity contribution is 5.89. The van der Waals surface area contributed by atoms with Crippen LogP contribution in [0.1, 0.15) is 41.8 Å². The summed E-state index contributed by atoms with van der Waals surface area (Å²) in [5, 5.41) is 23.5. The number of aryl methyl sites for hydroxylation is 3. The van der Waals surface area contributed by atoms with Crippen LogP contribution < -0.4 is 4.90 Å². The third-order valence-corrected chi connectivity index (χ3v) is 6.17. The standard InChI is InChI=1S/C21H30N4.C4H4O4/c1-17-8-10-18(11-9-17)25-15-13-24(14-16-25)12-4-7-21-19-5-2-3-6-20(19)22-23-21;5-3(6)1-2-4(7)8/h8-11H,2-7,12-16H2,1H3,(H,22,23);1-2H,(H,5,6)(H,7,8). The number of piperazine rings is 1. The van der Waals surface area contributed by atoms with Crippen molar-refractivity contribution >= 4 is 17.6 Å². The summed E-state index contributed by atoms with van der Waals surface area (Å²) >= 11 is 0. The Morgan fingerprint density at radius 2 is 1.64 bits per heavy atom. The zero-order valence-electron chi connectivity index (χ0n) is 19.3. The van der Waals surface area contributed by atoms with Gasteiger partial charge in [-0.3, -0.25) is 10.00 Å². The smallest absolute Gasteiger partial charge is 0.328 e. The number of carboxylic acids is 2. The van der Waals surface area contributed by atoms with Gasteiger partial charge in [-0.25, -0.2) is 9.59 Å². The molecule has 0 atom stereocenters. The van der Waals surface area contributed by atoms with Gasteiger partial charge in [0.05, 0.1) is 5.69 Å². The third-order valence-electron chi connectivity index (χ3n) is 6.17. The second-order valence-electron chi connectivity index (χ2n) is 8.61. The van der Waals surface area contributed by atoms with Crippen molar-refractivity contribution in [1.82, 2.24) is 15.1 Å². The monoisotopic (exact) mass is 454 g/mol. The van der Waals surface area contributed by atoms with Gasteiger partial charge < -0.3 is 15.1 Å². The molecular formula is C25H34N4O4. The average molecular weight is 455 g/mol. The van der Waals surface area contributed by atoms with Gasteiger partial charge in [0, 0.05) is 49.7 Å². The molecule has 1 aliphatic carbocycles. The Bertz CT molecular complexity index is 928.